The summed E-state index contributed by atoms with van der Waals surface area (Å²) in [4.78, 5) is 11.3. The summed E-state index contributed by atoms with van der Waals surface area (Å²) in [6.45, 7) is 1.81. The molecule has 0 bridgehead atoms. The zero-order valence-electron chi connectivity index (χ0n) is 10.9. The summed E-state index contributed by atoms with van der Waals surface area (Å²) in [6, 6.07) is 1.97. The lowest BCUT2D eigenvalue weighted by molar-refractivity contribution is -0.126. The molecule has 0 heterocycles. The number of nitrogens with two attached hydrogens (primary N) is 1. The van der Waals surface area contributed by atoms with Gasteiger partial charge in [0, 0.05) is 6.54 Å². The summed E-state index contributed by atoms with van der Waals surface area (Å²) < 4.78 is 5.45. The maximum atomic E-state index is 11.3. The van der Waals surface area contributed by atoms with Crippen LogP contribution in [0, 0.1) is 23.2 Å². The highest BCUT2D eigenvalue weighted by Gasteiger charge is 2.24. The van der Waals surface area contributed by atoms with Crippen LogP contribution in [0.25, 0.3) is 0 Å². The molecule has 0 radical (unpaired) electrons. The largest absolute Gasteiger partial charge is 0.371 e. The molecule has 1 aliphatic carbocycles. The molecule has 2 atom stereocenters. The van der Waals surface area contributed by atoms with Crippen LogP contribution in [0.15, 0.2) is 0 Å². The Kier molecular flexibility index (Phi) is 7.38. The third kappa shape index (κ3) is 5.48. The Balaban J connectivity index is 2.12. The minimum absolute atomic E-state index is 0.0826. The van der Waals surface area contributed by atoms with Crippen molar-refractivity contribution in [3.8, 4) is 6.07 Å². The second-order valence-electron chi connectivity index (χ2n) is 4.81. The van der Waals surface area contributed by atoms with Gasteiger partial charge in [-0.1, -0.05) is 12.8 Å². The monoisotopic (exact) mass is 253 g/mol. The highest BCUT2D eigenvalue weighted by atomic mass is 16.5. The molecule has 0 aromatic rings. The van der Waals surface area contributed by atoms with Crippen molar-refractivity contribution >= 4 is 5.91 Å². The highest BCUT2D eigenvalue weighted by Crippen LogP contribution is 2.29. The smallest absolute Gasteiger partial charge is 0.246 e. The zero-order chi connectivity index (χ0) is 13.2. The van der Waals surface area contributed by atoms with Gasteiger partial charge in [-0.05, 0) is 31.2 Å². The molecule has 1 aliphatic rings. The molecule has 0 saturated heterocycles. The van der Waals surface area contributed by atoms with Crippen LogP contribution in [-0.2, 0) is 9.53 Å². The molecule has 0 aliphatic heterocycles. The number of hydrogen-bond acceptors (Lipinski definition) is 4. The van der Waals surface area contributed by atoms with Crippen LogP contribution in [0.1, 0.15) is 32.1 Å². The lowest BCUT2D eigenvalue weighted by Crippen LogP contribution is -2.33. The van der Waals surface area contributed by atoms with Gasteiger partial charge in [0.1, 0.15) is 6.61 Å². The second-order valence-corrected chi connectivity index (χ2v) is 4.81. The first kappa shape index (κ1) is 14.9. The van der Waals surface area contributed by atoms with Crippen molar-refractivity contribution in [2.24, 2.45) is 17.6 Å². The number of carbonyl (C=O) groups excluding carboxylic acids is 1. The number of nitriles is 1. The third-order valence-corrected chi connectivity index (χ3v) is 3.49. The summed E-state index contributed by atoms with van der Waals surface area (Å²) >= 11 is 0. The quantitative estimate of drug-likeness (QED) is 0.657. The number of nitrogens with zero attached hydrogens (tertiary/aromatic N) is 1. The number of rotatable bonds is 7. The topological polar surface area (TPSA) is 88.1 Å². The molecule has 18 heavy (non-hydrogen) atoms. The van der Waals surface area contributed by atoms with E-state index in [2.05, 4.69) is 5.32 Å². The molecular formula is C13H23N3O2. The van der Waals surface area contributed by atoms with Gasteiger partial charge in [-0.25, -0.2) is 0 Å². The van der Waals surface area contributed by atoms with Crippen LogP contribution < -0.4 is 11.1 Å². The molecule has 3 N–H and O–H groups in total. The first-order chi connectivity index (χ1) is 8.77. The van der Waals surface area contributed by atoms with Crippen molar-refractivity contribution in [3.63, 3.8) is 0 Å². The van der Waals surface area contributed by atoms with E-state index in [9.17, 15) is 4.79 Å². The maximum Gasteiger partial charge on any atom is 0.246 e. The number of hydrogen-bond donors (Lipinski definition) is 2. The summed E-state index contributed by atoms with van der Waals surface area (Å²) in [6.07, 6.45) is 5.16. The van der Waals surface area contributed by atoms with Crippen LogP contribution in [0.5, 0.6) is 0 Å². The molecular weight excluding hydrogens is 230 g/mol. The highest BCUT2D eigenvalue weighted by molar-refractivity contribution is 5.77. The van der Waals surface area contributed by atoms with E-state index < -0.39 is 0 Å². The first-order valence-corrected chi connectivity index (χ1v) is 6.69. The van der Waals surface area contributed by atoms with E-state index in [-0.39, 0.29) is 12.5 Å². The van der Waals surface area contributed by atoms with Gasteiger partial charge in [0.2, 0.25) is 5.91 Å². The van der Waals surface area contributed by atoms with E-state index in [1.807, 2.05) is 6.07 Å². The minimum atomic E-state index is -0.148. The van der Waals surface area contributed by atoms with Crippen LogP contribution in [0.4, 0.5) is 0 Å². The maximum absolute atomic E-state index is 11.3. The van der Waals surface area contributed by atoms with Gasteiger partial charge >= 0.3 is 0 Å². The number of carbonyl (C=O) groups is 1. The van der Waals surface area contributed by atoms with Gasteiger partial charge in [-0.2, -0.15) is 5.26 Å². The second kappa shape index (κ2) is 8.90. The third-order valence-electron chi connectivity index (χ3n) is 3.49. The fraction of sp³-hybridized carbons (Fsp3) is 0.846. The Labute approximate surface area is 109 Å². The summed E-state index contributed by atoms with van der Waals surface area (Å²) in [5.74, 6) is 0.890. The van der Waals surface area contributed by atoms with Gasteiger partial charge in [0.05, 0.1) is 19.1 Å². The first-order valence-electron chi connectivity index (χ1n) is 6.69. The predicted octanol–water partition coefficient (Wildman–Crippen LogP) is 0.798. The molecule has 5 nitrogen and oxygen atoms in total. The van der Waals surface area contributed by atoms with Gasteiger partial charge in [0.25, 0.3) is 0 Å². The van der Waals surface area contributed by atoms with Crippen molar-refractivity contribution in [2.75, 3.05) is 26.3 Å². The summed E-state index contributed by atoms with van der Waals surface area (Å²) in [7, 11) is 0. The van der Waals surface area contributed by atoms with Crippen molar-refractivity contribution in [1.82, 2.24) is 5.32 Å². The van der Waals surface area contributed by atoms with E-state index >= 15 is 0 Å². The number of amides is 1. The lowest BCUT2D eigenvalue weighted by atomic mass is 9.80. The van der Waals surface area contributed by atoms with E-state index in [0.717, 1.165) is 6.42 Å². The Bertz CT molecular complexity index is 288. The standard InChI is InChI=1S/C13H23N3O2/c14-6-3-7-16-13(17)10-18-9-12-5-2-1-4-11(12)8-15/h11-12H,1-5,7-10,15H2,(H,16,17). The Morgan fingerprint density at radius 2 is 2.11 bits per heavy atom. The average molecular weight is 253 g/mol. The van der Waals surface area contributed by atoms with Crippen molar-refractivity contribution < 1.29 is 9.53 Å². The van der Waals surface area contributed by atoms with E-state index in [4.69, 9.17) is 15.7 Å². The lowest BCUT2D eigenvalue weighted by Gasteiger charge is -2.30. The Morgan fingerprint density at radius 1 is 1.39 bits per heavy atom. The zero-order valence-corrected chi connectivity index (χ0v) is 10.9. The predicted molar refractivity (Wildman–Crippen MR) is 68.6 cm³/mol. The molecule has 0 aromatic heterocycles. The van der Waals surface area contributed by atoms with E-state index in [0.29, 0.717) is 38.0 Å². The summed E-state index contributed by atoms with van der Waals surface area (Å²) in [5, 5.41) is 11.0. The fourth-order valence-electron chi connectivity index (χ4n) is 2.43. The van der Waals surface area contributed by atoms with E-state index in [1.54, 1.807) is 0 Å². The molecule has 1 amide bonds. The number of ether oxygens (including phenoxy) is 1. The van der Waals surface area contributed by atoms with Crippen LogP contribution in [0.3, 0.4) is 0 Å². The van der Waals surface area contributed by atoms with Crippen LogP contribution in [-0.4, -0.2) is 32.2 Å². The minimum Gasteiger partial charge on any atom is -0.371 e. The van der Waals surface area contributed by atoms with Gasteiger partial charge in [-0.3, -0.25) is 4.79 Å². The van der Waals surface area contributed by atoms with Crippen molar-refractivity contribution in [1.29, 1.82) is 5.26 Å². The van der Waals surface area contributed by atoms with E-state index in [1.165, 1.54) is 19.3 Å². The number of nitrogens with one attached hydrogen (secondary N) is 1. The molecule has 1 rings (SSSR count). The molecule has 1 saturated carbocycles. The van der Waals surface area contributed by atoms with Crippen LogP contribution >= 0.6 is 0 Å². The van der Waals surface area contributed by atoms with Crippen molar-refractivity contribution in [3.05, 3.63) is 0 Å². The van der Waals surface area contributed by atoms with Crippen LogP contribution in [0.2, 0.25) is 0 Å². The van der Waals surface area contributed by atoms with Gasteiger partial charge < -0.3 is 15.8 Å². The van der Waals surface area contributed by atoms with Crippen molar-refractivity contribution in [2.45, 2.75) is 32.1 Å². The normalized spacial score (nSPS) is 23.3. The fourth-order valence-corrected chi connectivity index (χ4v) is 2.43. The molecule has 0 aromatic carbocycles. The molecule has 0 spiro atoms. The van der Waals surface area contributed by atoms with Gasteiger partial charge in [-0.15, -0.1) is 0 Å². The molecule has 102 valence electrons. The molecule has 1 fully saturated rings. The average Bonchev–Trinajstić information content (AvgIpc) is 2.39. The van der Waals surface area contributed by atoms with Gasteiger partial charge in [0.15, 0.2) is 0 Å². The Morgan fingerprint density at radius 3 is 2.78 bits per heavy atom. The Hall–Kier alpha value is -1.12. The molecule has 5 heteroatoms. The molecule has 2 unspecified atom stereocenters. The summed E-state index contributed by atoms with van der Waals surface area (Å²) in [5.41, 5.74) is 5.74. The SMILES string of the molecule is N#CCCNC(=O)COCC1CCCCC1CN.